The molecule has 3 aromatic carbocycles. The molecule has 0 atom stereocenters. The predicted molar refractivity (Wildman–Crippen MR) is 138 cm³/mol. The van der Waals surface area contributed by atoms with E-state index in [2.05, 4.69) is 10.6 Å². The summed E-state index contributed by atoms with van der Waals surface area (Å²) in [6, 6.07) is 18.4. The summed E-state index contributed by atoms with van der Waals surface area (Å²) in [5, 5.41) is 24.3. The molecule has 8 nitrogen and oxygen atoms in total. The smallest absolute Gasteiger partial charge is 0.266 e. The first-order chi connectivity index (χ1) is 17.3. The Balaban J connectivity index is 1.70. The van der Waals surface area contributed by atoms with Crippen LogP contribution < -0.4 is 20.1 Å². The van der Waals surface area contributed by atoms with Gasteiger partial charge in [0.1, 0.15) is 17.4 Å². The number of benzene rings is 3. The van der Waals surface area contributed by atoms with Gasteiger partial charge < -0.3 is 25.2 Å². The van der Waals surface area contributed by atoms with E-state index in [-0.39, 0.29) is 23.8 Å². The molecule has 0 aliphatic heterocycles. The molecular weight excluding hydrogens is 458 g/mol. The number of amides is 2. The third-order valence-electron chi connectivity index (χ3n) is 5.22. The van der Waals surface area contributed by atoms with Crippen LogP contribution in [-0.4, -0.2) is 30.1 Å². The minimum absolute atomic E-state index is 0.0672. The second-order valence-electron chi connectivity index (χ2n) is 7.95. The van der Waals surface area contributed by atoms with E-state index in [1.165, 1.54) is 30.3 Å². The zero-order chi connectivity index (χ0) is 26.1. The van der Waals surface area contributed by atoms with Crippen LogP contribution in [0.2, 0.25) is 0 Å². The van der Waals surface area contributed by atoms with Gasteiger partial charge in [-0.3, -0.25) is 9.59 Å². The Bertz CT molecular complexity index is 1320. The number of aryl methyl sites for hydroxylation is 2. The van der Waals surface area contributed by atoms with Gasteiger partial charge in [0.2, 0.25) is 0 Å². The Morgan fingerprint density at radius 3 is 2.31 bits per heavy atom. The number of nitriles is 1. The van der Waals surface area contributed by atoms with Gasteiger partial charge in [-0.15, -0.1) is 0 Å². The van der Waals surface area contributed by atoms with Crippen molar-refractivity contribution in [3.63, 3.8) is 0 Å². The van der Waals surface area contributed by atoms with Crippen molar-refractivity contribution >= 4 is 29.3 Å². The molecule has 3 N–H and O–H groups in total. The van der Waals surface area contributed by atoms with Crippen molar-refractivity contribution < 1.29 is 24.2 Å². The molecule has 3 rings (SSSR count). The average molecular weight is 486 g/mol. The first-order valence-electron chi connectivity index (χ1n) is 11.3. The van der Waals surface area contributed by atoms with Gasteiger partial charge >= 0.3 is 0 Å². The van der Waals surface area contributed by atoms with Gasteiger partial charge in [-0.1, -0.05) is 12.1 Å². The number of anilines is 2. The summed E-state index contributed by atoms with van der Waals surface area (Å²) in [7, 11) is 0. The summed E-state index contributed by atoms with van der Waals surface area (Å²) < 4.78 is 11.3. The van der Waals surface area contributed by atoms with E-state index in [1.807, 2.05) is 45.0 Å². The van der Waals surface area contributed by atoms with Crippen molar-refractivity contribution in [1.29, 1.82) is 5.26 Å². The summed E-state index contributed by atoms with van der Waals surface area (Å²) in [6.07, 6.45) is 1.43. The zero-order valence-electron chi connectivity index (χ0n) is 20.3. The van der Waals surface area contributed by atoms with Crippen molar-refractivity contribution in [3.05, 3.63) is 82.9 Å². The molecule has 0 aromatic heterocycles. The lowest BCUT2D eigenvalue weighted by atomic mass is 10.1. The SMILES string of the molecule is CCOc1cc(/C=C(\C#N)C(=O)Nc2ccc(O)cc2)ccc1OCC(=O)Nc1ccc(C)c(C)c1. The predicted octanol–water partition coefficient (Wildman–Crippen LogP) is 4.97. The zero-order valence-corrected chi connectivity index (χ0v) is 20.3. The second kappa shape index (κ2) is 12.1. The van der Waals surface area contributed by atoms with Crippen molar-refractivity contribution in [1.82, 2.24) is 0 Å². The lowest BCUT2D eigenvalue weighted by molar-refractivity contribution is -0.118. The quantitative estimate of drug-likeness (QED) is 0.224. The fraction of sp³-hybridized carbons (Fsp3) is 0.179. The number of carbonyl (C=O) groups excluding carboxylic acids is 2. The van der Waals surface area contributed by atoms with E-state index in [1.54, 1.807) is 18.2 Å². The Hall–Kier alpha value is -4.77. The Kier molecular flexibility index (Phi) is 8.68. The number of ether oxygens (including phenoxy) is 2. The molecule has 0 spiro atoms. The van der Waals surface area contributed by atoms with Gasteiger partial charge in [-0.2, -0.15) is 5.26 Å². The molecule has 0 aliphatic carbocycles. The van der Waals surface area contributed by atoms with Crippen molar-refractivity contribution in [2.24, 2.45) is 0 Å². The molecule has 0 radical (unpaired) electrons. The first-order valence-corrected chi connectivity index (χ1v) is 11.3. The molecule has 0 fully saturated rings. The number of phenols is 1. The molecule has 8 heteroatoms. The molecule has 0 aliphatic rings. The van der Waals surface area contributed by atoms with Crippen LogP contribution in [0.15, 0.2) is 66.2 Å². The van der Waals surface area contributed by atoms with Crippen LogP contribution >= 0.6 is 0 Å². The van der Waals surface area contributed by atoms with Crippen molar-refractivity contribution in [3.8, 4) is 23.3 Å². The second-order valence-corrected chi connectivity index (χ2v) is 7.95. The number of rotatable bonds is 9. The van der Waals surface area contributed by atoms with Gasteiger partial charge in [0.25, 0.3) is 11.8 Å². The van der Waals surface area contributed by atoms with Crippen molar-refractivity contribution in [2.45, 2.75) is 20.8 Å². The molecule has 0 bridgehead atoms. The molecule has 0 saturated heterocycles. The minimum atomic E-state index is -0.593. The maximum absolute atomic E-state index is 12.5. The molecule has 0 saturated carbocycles. The van der Waals surface area contributed by atoms with E-state index < -0.39 is 5.91 Å². The van der Waals surface area contributed by atoms with Crippen LogP contribution in [0.5, 0.6) is 17.2 Å². The maximum atomic E-state index is 12.5. The molecule has 36 heavy (non-hydrogen) atoms. The highest BCUT2D eigenvalue weighted by atomic mass is 16.5. The van der Waals surface area contributed by atoms with Crippen LogP contribution in [0, 0.1) is 25.2 Å². The average Bonchev–Trinajstić information content (AvgIpc) is 2.85. The molecular formula is C28H27N3O5. The normalized spacial score (nSPS) is 10.8. The van der Waals surface area contributed by atoms with E-state index in [0.29, 0.717) is 35.0 Å². The van der Waals surface area contributed by atoms with E-state index >= 15 is 0 Å². The number of nitrogens with one attached hydrogen (secondary N) is 2. The Labute approximate surface area is 209 Å². The van der Waals surface area contributed by atoms with E-state index in [4.69, 9.17) is 9.47 Å². The Morgan fingerprint density at radius 1 is 0.917 bits per heavy atom. The maximum Gasteiger partial charge on any atom is 0.266 e. The molecule has 184 valence electrons. The summed E-state index contributed by atoms with van der Waals surface area (Å²) in [5.41, 5.74) is 3.76. The lowest BCUT2D eigenvalue weighted by Crippen LogP contribution is -2.20. The van der Waals surface area contributed by atoms with Gasteiger partial charge in [0.15, 0.2) is 18.1 Å². The molecule has 0 unspecified atom stereocenters. The fourth-order valence-corrected chi connectivity index (χ4v) is 3.22. The highest BCUT2D eigenvalue weighted by Gasteiger charge is 2.13. The number of carbonyl (C=O) groups is 2. The number of hydrogen-bond donors (Lipinski definition) is 3. The Morgan fingerprint density at radius 2 is 1.64 bits per heavy atom. The summed E-state index contributed by atoms with van der Waals surface area (Å²) in [5.74, 6) is -0.109. The fourth-order valence-electron chi connectivity index (χ4n) is 3.22. The number of aromatic hydroxyl groups is 1. The van der Waals surface area contributed by atoms with Crippen LogP contribution in [-0.2, 0) is 9.59 Å². The van der Waals surface area contributed by atoms with Gasteiger partial charge in [-0.05, 0) is 92.1 Å². The van der Waals surface area contributed by atoms with E-state index in [9.17, 15) is 20.0 Å². The largest absolute Gasteiger partial charge is 0.508 e. The number of hydrogen-bond acceptors (Lipinski definition) is 6. The highest BCUT2D eigenvalue weighted by Crippen LogP contribution is 2.29. The van der Waals surface area contributed by atoms with Crippen LogP contribution in [0.1, 0.15) is 23.6 Å². The standard InChI is InChI=1S/C28H27N3O5/c1-4-35-26-15-20(14-21(16-29)28(34)31-22-8-10-24(32)11-9-22)6-12-25(26)36-17-27(33)30-23-7-5-18(2)19(3)13-23/h5-15,32H,4,17H2,1-3H3,(H,30,33)(H,31,34)/b21-14+. The topological polar surface area (TPSA) is 121 Å². The van der Waals surface area contributed by atoms with E-state index in [0.717, 1.165) is 11.1 Å². The third kappa shape index (κ3) is 7.11. The summed E-state index contributed by atoms with van der Waals surface area (Å²) in [4.78, 5) is 24.9. The van der Waals surface area contributed by atoms with Crippen LogP contribution in [0.3, 0.4) is 0 Å². The summed E-state index contributed by atoms with van der Waals surface area (Å²) in [6.45, 7) is 5.91. The first kappa shape index (κ1) is 25.8. The summed E-state index contributed by atoms with van der Waals surface area (Å²) >= 11 is 0. The molecule has 0 heterocycles. The molecule has 3 aromatic rings. The van der Waals surface area contributed by atoms with Crippen molar-refractivity contribution in [2.75, 3.05) is 23.8 Å². The van der Waals surface area contributed by atoms with Gasteiger partial charge in [0.05, 0.1) is 6.61 Å². The highest BCUT2D eigenvalue weighted by molar-refractivity contribution is 6.09. The minimum Gasteiger partial charge on any atom is -0.508 e. The number of nitrogens with zero attached hydrogens (tertiary/aromatic N) is 1. The molecule has 2 amide bonds. The van der Waals surface area contributed by atoms with Gasteiger partial charge in [0, 0.05) is 11.4 Å². The number of phenolic OH excluding ortho intramolecular Hbond substituents is 1. The van der Waals surface area contributed by atoms with Crippen LogP contribution in [0.4, 0.5) is 11.4 Å². The van der Waals surface area contributed by atoms with Crippen LogP contribution in [0.25, 0.3) is 6.08 Å². The lowest BCUT2D eigenvalue weighted by Gasteiger charge is -2.13. The van der Waals surface area contributed by atoms with Gasteiger partial charge in [-0.25, -0.2) is 0 Å². The third-order valence-corrected chi connectivity index (χ3v) is 5.22. The monoisotopic (exact) mass is 485 g/mol.